The third-order valence-electron chi connectivity index (χ3n) is 4.82. The zero-order valence-corrected chi connectivity index (χ0v) is 18.2. The molecule has 2 heterocycles. The van der Waals surface area contributed by atoms with Crippen molar-refractivity contribution in [2.24, 2.45) is 12.0 Å². The van der Waals surface area contributed by atoms with Crippen molar-refractivity contribution in [1.29, 1.82) is 0 Å². The average molecular weight is 422 g/mol. The number of hydrogen-bond acceptors (Lipinski definition) is 7. The molecule has 0 aliphatic rings. The molecule has 31 heavy (non-hydrogen) atoms. The van der Waals surface area contributed by atoms with E-state index >= 15 is 0 Å². The summed E-state index contributed by atoms with van der Waals surface area (Å²) in [7, 11) is 5.07. The summed E-state index contributed by atoms with van der Waals surface area (Å²) in [6.07, 6.45) is 5.70. The van der Waals surface area contributed by atoms with E-state index in [1.165, 1.54) is 0 Å². The fourth-order valence-electron chi connectivity index (χ4n) is 3.18. The lowest BCUT2D eigenvalue weighted by molar-refractivity contribution is 0.305. The van der Waals surface area contributed by atoms with Gasteiger partial charge in [0.1, 0.15) is 17.3 Å². The van der Waals surface area contributed by atoms with Crippen molar-refractivity contribution in [3.63, 3.8) is 0 Å². The highest BCUT2D eigenvalue weighted by Crippen LogP contribution is 2.34. The van der Waals surface area contributed by atoms with Gasteiger partial charge in [-0.05, 0) is 37.4 Å². The van der Waals surface area contributed by atoms with E-state index in [0.717, 1.165) is 16.8 Å². The Morgan fingerprint density at radius 2 is 1.94 bits per heavy atom. The molecule has 3 rings (SSSR count). The zero-order chi connectivity index (χ0) is 22.4. The zero-order valence-electron chi connectivity index (χ0n) is 18.2. The Balaban J connectivity index is 2.07. The van der Waals surface area contributed by atoms with Gasteiger partial charge in [0.2, 0.25) is 0 Å². The molecular weight excluding hydrogens is 394 g/mol. The Morgan fingerprint density at radius 1 is 1.23 bits per heavy atom. The lowest BCUT2D eigenvalue weighted by atomic mass is 10.1. The number of rotatable bonds is 9. The average Bonchev–Trinajstić information content (AvgIpc) is 3.23. The van der Waals surface area contributed by atoms with Gasteiger partial charge in [0.15, 0.2) is 0 Å². The van der Waals surface area contributed by atoms with E-state index in [0.29, 0.717) is 35.2 Å². The summed E-state index contributed by atoms with van der Waals surface area (Å²) >= 11 is 0. The maximum absolute atomic E-state index is 9.70. The van der Waals surface area contributed by atoms with Crippen LogP contribution in [0.5, 0.6) is 11.5 Å². The number of hydrogen-bond donors (Lipinski definition) is 1. The smallest absolute Gasteiger partial charge is 0.133 e. The lowest BCUT2D eigenvalue weighted by Crippen LogP contribution is -2.22. The number of benzene rings is 1. The maximum Gasteiger partial charge on any atom is 0.133 e. The van der Waals surface area contributed by atoms with E-state index in [4.69, 9.17) is 14.5 Å². The number of aryl methyl sites for hydroxylation is 1. The molecule has 1 aromatic carbocycles. The molecule has 0 saturated heterocycles. The number of ether oxygens (including phenoxy) is 2. The van der Waals surface area contributed by atoms with Crippen molar-refractivity contribution < 1.29 is 14.6 Å². The summed E-state index contributed by atoms with van der Waals surface area (Å²) in [5, 5.41) is 13.9. The van der Waals surface area contributed by atoms with E-state index < -0.39 is 0 Å². The van der Waals surface area contributed by atoms with Gasteiger partial charge in [-0.25, -0.2) is 4.98 Å². The summed E-state index contributed by atoms with van der Waals surface area (Å²) in [5.74, 6) is 1.95. The van der Waals surface area contributed by atoms with E-state index in [1.54, 1.807) is 31.2 Å². The Labute approximate surface area is 182 Å². The highest BCUT2D eigenvalue weighted by Gasteiger charge is 2.15. The van der Waals surface area contributed by atoms with Crippen LogP contribution in [0.3, 0.4) is 0 Å². The van der Waals surface area contributed by atoms with Crippen LogP contribution < -0.4 is 14.4 Å². The van der Waals surface area contributed by atoms with Gasteiger partial charge in [-0.3, -0.25) is 9.67 Å². The summed E-state index contributed by atoms with van der Waals surface area (Å²) in [6, 6.07) is 9.25. The molecule has 0 spiro atoms. The van der Waals surface area contributed by atoms with Gasteiger partial charge < -0.3 is 19.5 Å². The topological polar surface area (TPSA) is 85.0 Å². The number of aliphatic imine (C=N–C) groups is 1. The summed E-state index contributed by atoms with van der Waals surface area (Å²) in [5.41, 5.74) is 4.12. The number of aromatic nitrogens is 3. The Morgan fingerprint density at radius 3 is 2.48 bits per heavy atom. The Bertz CT molecular complexity index is 1070. The van der Waals surface area contributed by atoms with E-state index in [2.05, 4.69) is 16.8 Å². The molecular formula is C23H27N5O3. The van der Waals surface area contributed by atoms with Crippen LogP contribution in [0.25, 0.3) is 11.6 Å². The fraction of sp³-hybridized carbons (Fsp3) is 0.261. The highest BCUT2D eigenvalue weighted by molar-refractivity contribution is 5.83. The highest BCUT2D eigenvalue weighted by atomic mass is 16.5. The van der Waals surface area contributed by atoms with Crippen LogP contribution in [0.4, 0.5) is 17.2 Å². The minimum atomic E-state index is -0.0530. The van der Waals surface area contributed by atoms with Crippen LogP contribution in [0, 0.1) is 0 Å². The van der Waals surface area contributed by atoms with Gasteiger partial charge in [0.05, 0.1) is 38.4 Å². The second-order valence-electron chi connectivity index (χ2n) is 6.91. The Kier molecular flexibility index (Phi) is 7.04. The molecule has 0 radical (unpaired) electrons. The quantitative estimate of drug-likeness (QED) is 0.528. The van der Waals surface area contributed by atoms with Crippen molar-refractivity contribution >= 4 is 35.6 Å². The maximum atomic E-state index is 9.70. The first kappa shape index (κ1) is 22.0. The predicted molar refractivity (Wildman–Crippen MR) is 124 cm³/mol. The van der Waals surface area contributed by atoms with Crippen molar-refractivity contribution in [3.05, 3.63) is 54.0 Å². The van der Waals surface area contributed by atoms with E-state index in [-0.39, 0.29) is 6.61 Å². The number of methoxy groups -OCH3 is 2. The van der Waals surface area contributed by atoms with Crippen LogP contribution in [-0.4, -0.2) is 54.0 Å². The number of allylic oxidation sites excluding steroid dienone is 1. The summed E-state index contributed by atoms with van der Waals surface area (Å²) < 4.78 is 12.5. The van der Waals surface area contributed by atoms with Crippen molar-refractivity contribution in [2.75, 3.05) is 32.3 Å². The summed E-state index contributed by atoms with van der Waals surface area (Å²) in [6.45, 7) is 5.95. The van der Waals surface area contributed by atoms with Crippen LogP contribution in [0.15, 0.2) is 47.7 Å². The molecule has 8 nitrogen and oxygen atoms in total. The standard InChI is InChI=1S/C23H27N5O3/c1-16(17-14-25-27(3)15-17)10-22-21(24-2)6-7-23(26-22)28(8-9-29)18-11-19(30-4)13-20(12-18)31-5/h6-7,10-15,29H,2,8-9H2,1,3-5H3/b16-10+. The first-order chi connectivity index (χ1) is 15.0. The molecule has 0 bridgehead atoms. The minimum absolute atomic E-state index is 0.0530. The van der Waals surface area contributed by atoms with Crippen molar-refractivity contribution in [3.8, 4) is 11.5 Å². The number of pyridine rings is 1. The van der Waals surface area contributed by atoms with Gasteiger partial charge >= 0.3 is 0 Å². The third-order valence-corrected chi connectivity index (χ3v) is 4.82. The molecule has 2 aromatic heterocycles. The molecule has 8 heteroatoms. The largest absolute Gasteiger partial charge is 0.497 e. The molecule has 0 amide bonds. The fourth-order valence-corrected chi connectivity index (χ4v) is 3.18. The van der Waals surface area contributed by atoms with Gasteiger partial charge in [-0.2, -0.15) is 5.10 Å². The molecule has 3 aromatic rings. The van der Waals surface area contributed by atoms with Crippen LogP contribution >= 0.6 is 0 Å². The predicted octanol–water partition coefficient (Wildman–Crippen LogP) is 3.86. The molecule has 0 aliphatic carbocycles. The molecule has 0 saturated carbocycles. The van der Waals surface area contributed by atoms with Gasteiger partial charge in [-0.1, -0.05) is 0 Å². The van der Waals surface area contributed by atoms with Crippen LogP contribution in [0.2, 0.25) is 0 Å². The normalized spacial score (nSPS) is 11.3. The van der Waals surface area contributed by atoms with E-state index in [1.807, 2.05) is 55.4 Å². The van der Waals surface area contributed by atoms with Crippen LogP contribution in [-0.2, 0) is 7.05 Å². The number of aliphatic hydroxyl groups excluding tert-OH is 1. The lowest BCUT2D eigenvalue weighted by Gasteiger charge is -2.24. The second kappa shape index (κ2) is 9.90. The SMILES string of the molecule is C=Nc1ccc(N(CCO)c2cc(OC)cc(OC)c2)nc1/C=C(\C)c1cnn(C)c1. The first-order valence-corrected chi connectivity index (χ1v) is 9.75. The monoisotopic (exact) mass is 421 g/mol. The Hall–Kier alpha value is -3.65. The minimum Gasteiger partial charge on any atom is -0.497 e. The van der Waals surface area contributed by atoms with Gasteiger partial charge in [0.25, 0.3) is 0 Å². The molecule has 0 fully saturated rings. The number of aliphatic hydroxyl groups is 1. The third kappa shape index (κ3) is 5.10. The molecule has 162 valence electrons. The van der Waals surface area contributed by atoms with Crippen LogP contribution in [0.1, 0.15) is 18.2 Å². The van der Waals surface area contributed by atoms with Crippen molar-refractivity contribution in [1.82, 2.24) is 14.8 Å². The molecule has 0 aliphatic heterocycles. The van der Waals surface area contributed by atoms with Crippen molar-refractivity contribution in [2.45, 2.75) is 6.92 Å². The van der Waals surface area contributed by atoms with E-state index in [9.17, 15) is 5.11 Å². The molecule has 0 atom stereocenters. The molecule has 1 N–H and O–H groups in total. The summed E-state index contributed by atoms with van der Waals surface area (Å²) in [4.78, 5) is 10.8. The van der Waals surface area contributed by atoms with Gasteiger partial charge in [0, 0.05) is 49.2 Å². The first-order valence-electron chi connectivity index (χ1n) is 9.75. The second-order valence-corrected chi connectivity index (χ2v) is 6.91. The van der Waals surface area contributed by atoms with Gasteiger partial charge in [-0.15, -0.1) is 0 Å². The number of nitrogens with zero attached hydrogens (tertiary/aromatic N) is 5. The number of anilines is 2. The molecule has 0 unspecified atom stereocenters.